The largest absolute Gasteiger partial charge is 0.337 e. The Bertz CT molecular complexity index is 537. The van der Waals surface area contributed by atoms with E-state index in [1.807, 2.05) is 18.7 Å². The molecular formula is C15H23N3O2S. The zero-order chi connectivity index (χ0) is 15.6. The van der Waals surface area contributed by atoms with Gasteiger partial charge in [0.25, 0.3) is 0 Å². The van der Waals surface area contributed by atoms with Crippen LogP contribution in [0.5, 0.6) is 0 Å². The van der Waals surface area contributed by atoms with Crippen LogP contribution in [0.25, 0.3) is 0 Å². The molecule has 1 aliphatic heterocycles. The van der Waals surface area contributed by atoms with Crippen LogP contribution in [-0.2, 0) is 22.6 Å². The third-order valence-electron chi connectivity index (χ3n) is 3.42. The first kappa shape index (κ1) is 15.9. The highest BCUT2D eigenvalue weighted by Crippen LogP contribution is 2.29. The molecule has 0 bridgehead atoms. The van der Waals surface area contributed by atoms with E-state index in [9.17, 15) is 9.59 Å². The number of aromatic nitrogens is 1. The van der Waals surface area contributed by atoms with Crippen LogP contribution in [0.3, 0.4) is 0 Å². The highest BCUT2D eigenvalue weighted by atomic mass is 32.1. The summed E-state index contributed by atoms with van der Waals surface area (Å²) in [6.45, 7) is 9.17. The van der Waals surface area contributed by atoms with E-state index >= 15 is 0 Å². The van der Waals surface area contributed by atoms with Crippen molar-refractivity contribution in [2.45, 2.75) is 47.1 Å². The Balaban J connectivity index is 2.03. The maximum Gasteiger partial charge on any atom is 0.228 e. The molecule has 0 saturated heterocycles. The SMILES string of the molecule is CC(C)CC(=O)N1CCc2nc(NC(=O)C(C)C)sc2C1. The molecule has 0 spiro atoms. The van der Waals surface area contributed by atoms with Gasteiger partial charge in [-0.25, -0.2) is 4.98 Å². The van der Waals surface area contributed by atoms with Crippen molar-refractivity contribution in [2.24, 2.45) is 11.8 Å². The van der Waals surface area contributed by atoms with Crippen molar-refractivity contribution in [1.82, 2.24) is 9.88 Å². The van der Waals surface area contributed by atoms with Gasteiger partial charge in [0.1, 0.15) is 0 Å². The summed E-state index contributed by atoms with van der Waals surface area (Å²) in [4.78, 5) is 31.3. The van der Waals surface area contributed by atoms with Crippen molar-refractivity contribution in [1.29, 1.82) is 0 Å². The van der Waals surface area contributed by atoms with E-state index in [0.29, 0.717) is 24.0 Å². The number of fused-ring (bicyclic) bond motifs is 1. The van der Waals surface area contributed by atoms with Gasteiger partial charge in [-0.3, -0.25) is 9.59 Å². The Morgan fingerprint density at radius 3 is 2.67 bits per heavy atom. The predicted molar refractivity (Wildman–Crippen MR) is 84.2 cm³/mol. The third-order valence-corrected chi connectivity index (χ3v) is 4.42. The van der Waals surface area contributed by atoms with E-state index < -0.39 is 0 Å². The summed E-state index contributed by atoms with van der Waals surface area (Å²) in [5, 5.41) is 3.49. The first-order valence-electron chi connectivity index (χ1n) is 7.44. The Labute approximate surface area is 129 Å². The minimum atomic E-state index is -0.0601. The molecular weight excluding hydrogens is 286 g/mol. The van der Waals surface area contributed by atoms with Gasteiger partial charge in [-0.05, 0) is 5.92 Å². The molecule has 2 heterocycles. The van der Waals surface area contributed by atoms with Crippen molar-refractivity contribution >= 4 is 28.3 Å². The number of rotatable bonds is 4. The molecule has 1 aromatic heterocycles. The first-order chi connectivity index (χ1) is 9.86. The summed E-state index contributed by atoms with van der Waals surface area (Å²) in [7, 11) is 0. The topological polar surface area (TPSA) is 62.3 Å². The van der Waals surface area contributed by atoms with Crippen LogP contribution in [0.2, 0.25) is 0 Å². The van der Waals surface area contributed by atoms with Gasteiger partial charge in [-0.2, -0.15) is 0 Å². The molecule has 2 amide bonds. The van der Waals surface area contributed by atoms with Crippen LogP contribution in [0.4, 0.5) is 5.13 Å². The molecule has 5 nitrogen and oxygen atoms in total. The summed E-state index contributed by atoms with van der Waals surface area (Å²) in [6, 6.07) is 0. The predicted octanol–water partition coefficient (Wildman–Crippen LogP) is 2.67. The first-order valence-corrected chi connectivity index (χ1v) is 8.25. The van der Waals surface area contributed by atoms with Gasteiger partial charge in [0.2, 0.25) is 11.8 Å². The van der Waals surface area contributed by atoms with Gasteiger partial charge in [0, 0.05) is 30.2 Å². The molecule has 1 N–H and O–H groups in total. The number of hydrogen-bond acceptors (Lipinski definition) is 4. The zero-order valence-electron chi connectivity index (χ0n) is 13.1. The normalized spacial score (nSPS) is 14.5. The molecule has 1 aromatic rings. The molecule has 0 aromatic carbocycles. The van der Waals surface area contributed by atoms with Gasteiger partial charge in [-0.1, -0.05) is 39.0 Å². The quantitative estimate of drug-likeness (QED) is 0.930. The third kappa shape index (κ3) is 4.03. The van der Waals surface area contributed by atoms with Crippen LogP contribution in [0.15, 0.2) is 0 Å². The second-order valence-corrected chi connectivity index (χ2v) is 7.28. The molecule has 0 unspecified atom stereocenters. The molecule has 0 fully saturated rings. The molecule has 2 rings (SSSR count). The average Bonchev–Trinajstić information content (AvgIpc) is 2.78. The van der Waals surface area contributed by atoms with Gasteiger partial charge in [0.05, 0.1) is 12.2 Å². The van der Waals surface area contributed by atoms with Gasteiger partial charge in [0.15, 0.2) is 5.13 Å². The molecule has 1 aliphatic rings. The number of anilines is 1. The van der Waals surface area contributed by atoms with E-state index in [4.69, 9.17) is 0 Å². The molecule has 0 aliphatic carbocycles. The highest BCUT2D eigenvalue weighted by molar-refractivity contribution is 7.15. The van der Waals surface area contributed by atoms with E-state index in [1.165, 1.54) is 11.3 Å². The lowest BCUT2D eigenvalue weighted by Gasteiger charge is -2.26. The molecule has 0 radical (unpaired) electrons. The summed E-state index contributed by atoms with van der Waals surface area (Å²) >= 11 is 1.48. The van der Waals surface area contributed by atoms with Crippen LogP contribution in [0.1, 0.15) is 44.7 Å². The molecule has 116 valence electrons. The lowest BCUT2D eigenvalue weighted by molar-refractivity contribution is -0.132. The fourth-order valence-electron chi connectivity index (χ4n) is 2.19. The average molecular weight is 309 g/mol. The Hall–Kier alpha value is -1.43. The molecule has 6 heteroatoms. The minimum Gasteiger partial charge on any atom is -0.337 e. The van der Waals surface area contributed by atoms with Crippen LogP contribution in [-0.4, -0.2) is 28.2 Å². The number of carbonyl (C=O) groups excluding carboxylic acids is 2. The number of nitrogens with zero attached hydrogens (tertiary/aromatic N) is 2. The second-order valence-electron chi connectivity index (χ2n) is 6.20. The second kappa shape index (κ2) is 6.56. The van der Waals surface area contributed by atoms with Crippen molar-refractivity contribution in [3.63, 3.8) is 0 Å². The Kier molecular flexibility index (Phi) is 4.98. The van der Waals surface area contributed by atoms with Gasteiger partial charge < -0.3 is 10.2 Å². The lowest BCUT2D eigenvalue weighted by atomic mass is 10.1. The summed E-state index contributed by atoms with van der Waals surface area (Å²) in [5.74, 6) is 0.502. The van der Waals surface area contributed by atoms with E-state index in [2.05, 4.69) is 24.1 Å². The van der Waals surface area contributed by atoms with Crippen molar-refractivity contribution in [2.75, 3.05) is 11.9 Å². The maximum absolute atomic E-state index is 12.1. The van der Waals surface area contributed by atoms with Crippen LogP contribution >= 0.6 is 11.3 Å². The van der Waals surface area contributed by atoms with E-state index in [-0.39, 0.29) is 17.7 Å². The van der Waals surface area contributed by atoms with Crippen molar-refractivity contribution in [3.8, 4) is 0 Å². The highest BCUT2D eigenvalue weighted by Gasteiger charge is 2.24. The molecule has 0 atom stereocenters. The van der Waals surface area contributed by atoms with E-state index in [1.54, 1.807) is 0 Å². The van der Waals surface area contributed by atoms with Crippen LogP contribution in [0, 0.1) is 11.8 Å². The zero-order valence-corrected chi connectivity index (χ0v) is 13.9. The minimum absolute atomic E-state index is 0.0196. The smallest absolute Gasteiger partial charge is 0.228 e. The fourth-order valence-corrected chi connectivity index (χ4v) is 3.22. The lowest BCUT2D eigenvalue weighted by Crippen LogP contribution is -2.36. The van der Waals surface area contributed by atoms with E-state index in [0.717, 1.165) is 23.5 Å². The number of hydrogen-bond donors (Lipinski definition) is 1. The fraction of sp³-hybridized carbons (Fsp3) is 0.667. The number of amides is 2. The standard InChI is InChI=1S/C15H23N3O2S/c1-9(2)7-13(19)18-6-5-11-12(8-18)21-15(16-11)17-14(20)10(3)4/h9-10H,5-8H2,1-4H3,(H,16,17,20). The van der Waals surface area contributed by atoms with Crippen molar-refractivity contribution < 1.29 is 9.59 Å². The van der Waals surface area contributed by atoms with Gasteiger partial charge in [-0.15, -0.1) is 0 Å². The number of thiazole rings is 1. The molecule has 0 saturated carbocycles. The Morgan fingerprint density at radius 2 is 2.05 bits per heavy atom. The van der Waals surface area contributed by atoms with Gasteiger partial charge >= 0.3 is 0 Å². The van der Waals surface area contributed by atoms with Crippen molar-refractivity contribution in [3.05, 3.63) is 10.6 Å². The Morgan fingerprint density at radius 1 is 1.33 bits per heavy atom. The maximum atomic E-state index is 12.1. The summed E-state index contributed by atoms with van der Waals surface area (Å²) in [6.07, 6.45) is 1.36. The number of carbonyl (C=O) groups is 2. The van der Waals surface area contributed by atoms with Crippen LogP contribution < -0.4 is 5.32 Å². The summed E-state index contributed by atoms with van der Waals surface area (Å²) in [5.41, 5.74) is 1.02. The molecule has 21 heavy (non-hydrogen) atoms. The number of nitrogens with one attached hydrogen (secondary N) is 1. The summed E-state index contributed by atoms with van der Waals surface area (Å²) < 4.78 is 0. The monoisotopic (exact) mass is 309 g/mol.